The van der Waals surface area contributed by atoms with Crippen LogP contribution in [-0.4, -0.2) is 5.11 Å². The van der Waals surface area contributed by atoms with E-state index in [9.17, 15) is 5.11 Å². The molecule has 1 aliphatic carbocycles. The highest BCUT2D eigenvalue weighted by Gasteiger charge is 2.28. The monoisotopic (exact) mass is 396 g/mol. The van der Waals surface area contributed by atoms with Gasteiger partial charge in [-0.1, -0.05) is 53.1 Å². The van der Waals surface area contributed by atoms with E-state index in [1.165, 1.54) is 27.9 Å². The van der Waals surface area contributed by atoms with Crippen LogP contribution in [0.15, 0.2) is 89.0 Å². The number of phenols is 1. The zero-order valence-corrected chi connectivity index (χ0v) is 18.3. The third-order valence-electron chi connectivity index (χ3n) is 6.37. The molecule has 0 unspecified atom stereocenters. The number of ether oxygens (including phenoxy) is 1. The normalized spacial score (nSPS) is 14.6. The number of para-hydroxylation sites is 1. The Morgan fingerprint density at radius 3 is 2.00 bits per heavy atom. The van der Waals surface area contributed by atoms with E-state index in [1.807, 2.05) is 42.5 Å². The number of hydrogen-bond acceptors (Lipinski definition) is 2. The van der Waals surface area contributed by atoms with Gasteiger partial charge in [-0.25, -0.2) is 0 Å². The molecule has 3 aromatic carbocycles. The Balaban J connectivity index is 1.84. The molecule has 1 aliphatic rings. The summed E-state index contributed by atoms with van der Waals surface area (Å²) in [6.07, 6.45) is 0. The number of rotatable bonds is 4. The van der Waals surface area contributed by atoms with E-state index in [2.05, 4.69) is 52.8 Å². The quantitative estimate of drug-likeness (QED) is 0.485. The Bertz CT molecular complexity index is 1140. The Kier molecular flexibility index (Phi) is 5.26. The number of phenolic OH excluding ortho intramolecular Hbond substituents is 1. The van der Waals surface area contributed by atoms with Crippen LogP contribution < -0.4 is 4.74 Å². The van der Waals surface area contributed by atoms with Gasteiger partial charge in [0.05, 0.1) is 0 Å². The number of allylic oxidation sites excluding steroid dienone is 4. The molecule has 1 N–H and O–H groups in total. The number of hydrogen-bond donors (Lipinski definition) is 1. The van der Waals surface area contributed by atoms with E-state index >= 15 is 0 Å². The van der Waals surface area contributed by atoms with Gasteiger partial charge in [-0.05, 0) is 87.2 Å². The topological polar surface area (TPSA) is 29.5 Å². The molecule has 2 nitrogen and oxygen atoms in total. The number of benzene rings is 3. The van der Waals surface area contributed by atoms with Gasteiger partial charge in [0, 0.05) is 11.5 Å². The Morgan fingerprint density at radius 1 is 0.667 bits per heavy atom. The minimum absolute atomic E-state index is 0.235. The number of aryl methyl sites for hydroxylation is 1. The van der Waals surface area contributed by atoms with Gasteiger partial charge in [0.1, 0.15) is 17.2 Å². The summed E-state index contributed by atoms with van der Waals surface area (Å²) in [5.74, 6) is 1.98. The van der Waals surface area contributed by atoms with Crippen LogP contribution in [0.1, 0.15) is 44.7 Å². The molecule has 3 aromatic rings. The van der Waals surface area contributed by atoms with Gasteiger partial charge in [0.15, 0.2) is 0 Å². The molecule has 30 heavy (non-hydrogen) atoms. The minimum Gasteiger partial charge on any atom is -0.507 e. The Labute approximate surface area is 179 Å². The van der Waals surface area contributed by atoms with Crippen molar-refractivity contribution in [1.29, 1.82) is 0 Å². The fourth-order valence-electron chi connectivity index (χ4n) is 4.39. The van der Waals surface area contributed by atoms with Gasteiger partial charge >= 0.3 is 0 Å². The lowest BCUT2D eigenvalue weighted by atomic mass is 9.83. The van der Waals surface area contributed by atoms with Crippen molar-refractivity contribution in [2.24, 2.45) is 0 Å². The first-order valence-corrected chi connectivity index (χ1v) is 10.4. The van der Waals surface area contributed by atoms with Gasteiger partial charge in [-0.15, -0.1) is 0 Å². The van der Waals surface area contributed by atoms with Crippen molar-refractivity contribution >= 4 is 0 Å². The maximum absolute atomic E-state index is 10.8. The van der Waals surface area contributed by atoms with E-state index in [0.717, 1.165) is 22.4 Å². The molecule has 0 spiro atoms. The summed E-state index contributed by atoms with van der Waals surface area (Å²) < 4.78 is 6.04. The van der Waals surface area contributed by atoms with Crippen molar-refractivity contribution in [3.63, 3.8) is 0 Å². The van der Waals surface area contributed by atoms with Crippen molar-refractivity contribution in [2.45, 2.75) is 40.5 Å². The number of aromatic hydroxyl groups is 1. The standard InChI is InChI=1S/C28H28O2/c1-17-11-13-24(28-20(4)18(2)19(3)21(28)5)25(15-17)26-16-23(12-14-27(26)29)30-22-9-7-6-8-10-22/h6-16,28-29H,1-5H3. The molecule has 0 atom stereocenters. The van der Waals surface area contributed by atoms with Crippen LogP contribution >= 0.6 is 0 Å². The van der Waals surface area contributed by atoms with E-state index in [4.69, 9.17) is 4.74 Å². The van der Waals surface area contributed by atoms with Crippen LogP contribution in [0, 0.1) is 6.92 Å². The zero-order valence-electron chi connectivity index (χ0n) is 18.3. The average molecular weight is 397 g/mol. The molecule has 2 heteroatoms. The van der Waals surface area contributed by atoms with E-state index in [0.29, 0.717) is 5.75 Å². The highest BCUT2D eigenvalue weighted by atomic mass is 16.5. The molecule has 0 heterocycles. The van der Waals surface area contributed by atoms with Crippen molar-refractivity contribution in [1.82, 2.24) is 0 Å². The molecule has 0 saturated heterocycles. The molecule has 4 rings (SSSR count). The van der Waals surface area contributed by atoms with Crippen molar-refractivity contribution in [3.8, 4) is 28.4 Å². The van der Waals surface area contributed by atoms with Gasteiger partial charge in [0.25, 0.3) is 0 Å². The molecular weight excluding hydrogens is 368 g/mol. The SMILES string of the molecule is CC1=C(C)C(c2ccc(C)cc2-c2cc(Oc3ccccc3)ccc2O)C(C)=C1C. The van der Waals surface area contributed by atoms with Crippen LogP contribution in [0.25, 0.3) is 11.1 Å². The summed E-state index contributed by atoms with van der Waals surface area (Å²) in [6, 6.07) is 21.7. The summed E-state index contributed by atoms with van der Waals surface area (Å²) in [5, 5.41) is 10.8. The zero-order chi connectivity index (χ0) is 21.4. The molecule has 0 fully saturated rings. The van der Waals surface area contributed by atoms with E-state index in [1.54, 1.807) is 6.07 Å². The summed E-state index contributed by atoms with van der Waals surface area (Å²) in [4.78, 5) is 0. The van der Waals surface area contributed by atoms with Crippen molar-refractivity contribution in [2.75, 3.05) is 0 Å². The van der Waals surface area contributed by atoms with Gasteiger partial charge in [-0.3, -0.25) is 0 Å². The highest BCUT2D eigenvalue weighted by molar-refractivity contribution is 5.77. The third-order valence-corrected chi connectivity index (χ3v) is 6.37. The first-order chi connectivity index (χ1) is 14.4. The summed E-state index contributed by atoms with van der Waals surface area (Å²) in [6.45, 7) is 10.9. The third kappa shape index (κ3) is 3.54. The smallest absolute Gasteiger partial charge is 0.128 e. The van der Waals surface area contributed by atoms with Crippen LogP contribution in [0.2, 0.25) is 0 Å². The summed E-state index contributed by atoms with van der Waals surface area (Å²) in [5.41, 5.74) is 9.74. The highest BCUT2D eigenvalue weighted by Crippen LogP contribution is 2.47. The molecule has 0 radical (unpaired) electrons. The Morgan fingerprint density at radius 2 is 1.33 bits per heavy atom. The van der Waals surface area contributed by atoms with Crippen molar-refractivity contribution in [3.05, 3.63) is 100 Å². The van der Waals surface area contributed by atoms with Crippen LogP contribution in [0.5, 0.6) is 17.2 Å². The van der Waals surface area contributed by atoms with E-state index < -0.39 is 0 Å². The fourth-order valence-corrected chi connectivity index (χ4v) is 4.39. The molecule has 0 aliphatic heterocycles. The summed E-state index contributed by atoms with van der Waals surface area (Å²) in [7, 11) is 0. The first kappa shape index (κ1) is 20.0. The van der Waals surface area contributed by atoms with E-state index in [-0.39, 0.29) is 11.7 Å². The second-order valence-corrected chi connectivity index (χ2v) is 8.23. The lowest BCUT2D eigenvalue weighted by Crippen LogP contribution is -2.03. The van der Waals surface area contributed by atoms with Crippen LogP contribution in [-0.2, 0) is 0 Å². The molecular formula is C28H28O2. The maximum Gasteiger partial charge on any atom is 0.128 e. The van der Waals surface area contributed by atoms with Gasteiger partial charge in [-0.2, -0.15) is 0 Å². The maximum atomic E-state index is 10.8. The van der Waals surface area contributed by atoms with Crippen LogP contribution in [0.3, 0.4) is 0 Å². The van der Waals surface area contributed by atoms with Gasteiger partial charge in [0.2, 0.25) is 0 Å². The lowest BCUT2D eigenvalue weighted by molar-refractivity contribution is 0.466. The average Bonchev–Trinajstić information content (AvgIpc) is 2.93. The largest absolute Gasteiger partial charge is 0.507 e. The molecule has 0 bridgehead atoms. The lowest BCUT2D eigenvalue weighted by Gasteiger charge is -2.21. The molecule has 0 aromatic heterocycles. The predicted octanol–water partition coefficient (Wildman–Crippen LogP) is 7.93. The second-order valence-electron chi connectivity index (χ2n) is 8.23. The Hall–Kier alpha value is -3.26. The van der Waals surface area contributed by atoms with Crippen molar-refractivity contribution < 1.29 is 9.84 Å². The predicted molar refractivity (Wildman–Crippen MR) is 124 cm³/mol. The second kappa shape index (κ2) is 7.87. The summed E-state index contributed by atoms with van der Waals surface area (Å²) >= 11 is 0. The molecule has 0 saturated carbocycles. The molecule has 152 valence electrons. The minimum atomic E-state index is 0.235. The first-order valence-electron chi connectivity index (χ1n) is 10.4. The fraction of sp³-hybridized carbons (Fsp3) is 0.214. The molecule has 0 amide bonds. The van der Waals surface area contributed by atoms with Crippen LogP contribution in [0.4, 0.5) is 0 Å². The van der Waals surface area contributed by atoms with Gasteiger partial charge < -0.3 is 9.84 Å².